The van der Waals surface area contributed by atoms with Crippen LogP contribution in [0.5, 0.6) is 0 Å². The van der Waals surface area contributed by atoms with Gasteiger partial charge in [-0.15, -0.1) is 11.3 Å². The summed E-state index contributed by atoms with van der Waals surface area (Å²) in [5.41, 5.74) is 8.94. The van der Waals surface area contributed by atoms with Gasteiger partial charge in [0.2, 0.25) is 5.91 Å². The molecule has 0 aromatic carbocycles. The first-order valence-corrected chi connectivity index (χ1v) is 9.71. The highest BCUT2D eigenvalue weighted by Crippen LogP contribution is 2.37. The van der Waals surface area contributed by atoms with Crippen molar-refractivity contribution >= 4 is 50.7 Å². The summed E-state index contributed by atoms with van der Waals surface area (Å²) in [7, 11) is 0. The second-order valence-electron chi connectivity index (χ2n) is 5.97. The molecule has 0 saturated carbocycles. The van der Waals surface area contributed by atoms with Gasteiger partial charge in [-0.1, -0.05) is 0 Å². The summed E-state index contributed by atoms with van der Waals surface area (Å²) in [5.74, 6) is -0.663. The Morgan fingerprint density at radius 2 is 2.04 bits per heavy atom. The molecule has 0 atom stereocenters. The van der Waals surface area contributed by atoms with Crippen molar-refractivity contribution in [3.8, 4) is 0 Å². The highest BCUT2D eigenvalue weighted by atomic mass is 127. The van der Waals surface area contributed by atoms with E-state index in [4.69, 9.17) is 5.73 Å². The number of aryl methyl sites for hydroxylation is 2. The van der Waals surface area contributed by atoms with Crippen molar-refractivity contribution < 1.29 is 9.59 Å². The van der Waals surface area contributed by atoms with E-state index in [0.29, 0.717) is 10.6 Å². The zero-order chi connectivity index (χ0) is 17.4. The van der Waals surface area contributed by atoms with Gasteiger partial charge < -0.3 is 11.1 Å². The number of hydrogen-bond donors (Lipinski definition) is 2. The summed E-state index contributed by atoms with van der Waals surface area (Å²) < 4.78 is 2.74. The zero-order valence-electron chi connectivity index (χ0n) is 13.6. The summed E-state index contributed by atoms with van der Waals surface area (Å²) in [4.78, 5) is 25.5. The predicted molar refractivity (Wildman–Crippen MR) is 103 cm³/mol. The van der Waals surface area contributed by atoms with E-state index in [9.17, 15) is 9.59 Å². The molecule has 2 aromatic heterocycles. The van der Waals surface area contributed by atoms with E-state index >= 15 is 0 Å². The topological polar surface area (TPSA) is 90.0 Å². The number of nitrogens with one attached hydrogen (secondary N) is 1. The molecule has 1 aliphatic carbocycles. The lowest BCUT2D eigenvalue weighted by Crippen LogP contribution is -2.22. The fraction of sp³-hybridized carbons (Fsp3) is 0.438. The number of nitrogens with two attached hydrogens (primary N) is 1. The third kappa shape index (κ3) is 3.21. The van der Waals surface area contributed by atoms with E-state index in [2.05, 4.69) is 33.0 Å². The molecule has 0 saturated heterocycles. The molecule has 0 fully saturated rings. The zero-order valence-corrected chi connectivity index (χ0v) is 16.6. The average molecular weight is 458 g/mol. The Morgan fingerprint density at radius 3 is 2.67 bits per heavy atom. The van der Waals surface area contributed by atoms with Gasteiger partial charge in [0.15, 0.2) is 0 Å². The van der Waals surface area contributed by atoms with E-state index in [0.717, 1.165) is 46.2 Å². The van der Waals surface area contributed by atoms with Crippen LogP contribution in [-0.4, -0.2) is 21.6 Å². The number of thiophene rings is 1. The minimum absolute atomic E-state index is 0.121. The van der Waals surface area contributed by atoms with Crippen LogP contribution in [0.3, 0.4) is 0 Å². The third-order valence-corrected chi connectivity index (χ3v) is 7.03. The maximum Gasteiger partial charge on any atom is 0.251 e. The van der Waals surface area contributed by atoms with Gasteiger partial charge in [-0.05, 0) is 67.7 Å². The van der Waals surface area contributed by atoms with Crippen LogP contribution in [0.2, 0.25) is 0 Å². The van der Waals surface area contributed by atoms with Gasteiger partial charge in [-0.25, -0.2) is 0 Å². The normalized spacial score (nSPS) is 13.6. The Labute approximate surface area is 157 Å². The van der Waals surface area contributed by atoms with Gasteiger partial charge in [-0.3, -0.25) is 14.3 Å². The predicted octanol–water partition coefficient (Wildman–Crippen LogP) is 2.78. The van der Waals surface area contributed by atoms with E-state index in [1.165, 1.54) is 16.2 Å². The lowest BCUT2D eigenvalue weighted by atomic mass is 9.95. The molecule has 0 bridgehead atoms. The van der Waals surface area contributed by atoms with Gasteiger partial charge in [0.05, 0.1) is 14.8 Å². The van der Waals surface area contributed by atoms with Crippen molar-refractivity contribution in [3.05, 3.63) is 31.0 Å². The van der Waals surface area contributed by atoms with Crippen LogP contribution in [0, 0.1) is 17.4 Å². The van der Waals surface area contributed by atoms with Crippen LogP contribution < -0.4 is 11.1 Å². The molecule has 0 unspecified atom stereocenters. The summed E-state index contributed by atoms with van der Waals surface area (Å²) in [5, 5.41) is 7.82. The summed E-state index contributed by atoms with van der Waals surface area (Å²) in [6.07, 6.45) is 3.98. The molecule has 0 aliphatic heterocycles. The Hall–Kier alpha value is -1.42. The van der Waals surface area contributed by atoms with Gasteiger partial charge in [-0.2, -0.15) is 5.10 Å². The first-order chi connectivity index (χ1) is 11.4. The largest absolute Gasteiger partial charge is 0.365 e. The number of carbonyl (C=O) groups excluding carboxylic acids is 2. The first-order valence-electron chi connectivity index (χ1n) is 7.82. The smallest absolute Gasteiger partial charge is 0.251 e. The standard InChI is InChI=1S/C16H19IN4O2S/c1-8-14(17)9(2)21(20-8)7-12(22)19-16-13(15(18)23)10-5-3-4-6-11(10)24-16/h3-7H2,1-2H3,(H2,18,23)(H,19,22). The highest BCUT2D eigenvalue weighted by Gasteiger charge is 2.25. The molecule has 2 aromatic rings. The summed E-state index contributed by atoms with van der Waals surface area (Å²) in [6.45, 7) is 3.98. The molecule has 0 radical (unpaired) electrons. The molecule has 2 heterocycles. The number of nitrogens with zero attached hydrogens (tertiary/aromatic N) is 2. The van der Waals surface area contributed by atoms with E-state index < -0.39 is 5.91 Å². The quantitative estimate of drug-likeness (QED) is 0.691. The average Bonchev–Trinajstić information content (AvgIpc) is 3.00. The first kappa shape index (κ1) is 17.4. The van der Waals surface area contributed by atoms with Crippen LogP contribution >= 0.6 is 33.9 Å². The Bertz CT molecular complexity index is 825. The van der Waals surface area contributed by atoms with Crippen molar-refractivity contribution in [2.45, 2.75) is 46.1 Å². The summed E-state index contributed by atoms with van der Waals surface area (Å²) >= 11 is 3.70. The molecule has 3 N–H and O–H groups in total. The summed E-state index contributed by atoms with van der Waals surface area (Å²) in [6, 6.07) is 0. The maximum absolute atomic E-state index is 12.4. The molecule has 1 aliphatic rings. The molecular weight excluding hydrogens is 439 g/mol. The van der Waals surface area contributed by atoms with Crippen LogP contribution in [0.4, 0.5) is 5.00 Å². The fourth-order valence-corrected chi connectivity index (χ4v) is 4.74. The van der Waals surface area contributed by atoms with Crippen LogP contribution in [-0.2, 0) is 24.2 Å². The number of hydrogen-bond acceptors (Lipinski definition) is 4. The number of primary amides is 1. The number of halogens is 1. The SMILES string of the molecule is Cc1nn(CC(=O)Nc2sc3c(c2C(N)=O)CCCC3)c(C)c1I. The number of anilines is 1. The number of carbonyl (C=O) groups is 2. The van der Waals surface area contributed by atoms with Crippen LogP contribution in [0.1, 0.15) is 45.0 Å². The van der Waals surface area contributed by atoms with Crippen LogP contribution in [0.15, 0.2) is 0 Å². The molecule has 2 amide bonds. The van der Waals surface area contributed by atoms with Crippen molar-refractivity contribution in [1.82, 2.24) is 9.78 Å². The van der Waals surface area contributed by atoms with Crippen LogP contribution in [0.25, 0.3) is 0 Å². The van der Waals surface area contributed by atoms with Crippen molar-refractivity contribution in [3.63, 3.8) is 0 Å². The number of aromatic nitrogens is 2. The van der Waals surface area contributed by atoms with E-state index in [1.807, 2.05) is 13.8 Å². The molecule has 24 heavy (non-hydrogen) atoms. The second kappa shape index (κ2) is 6.83. The molecule has 6 nitrogen and oxygen atoms in total. The Morgan fingerprint density at radius 1 is 1.33 bits per heavy atom. The molecular formula is C16H19IN4O2S. The third-order valence-electron chi connectivity index (χ3n) is 4.26. The molecule has 3 rings (SSSR count). The van der Waals surface area contributed by atoms with Gasteiger partial charge in [0.25, 0.3) is 5.91 Å². The molecule has 0 spiro atoms. The molecule has 8 heteroatoms. The number of rotatable bonds is 4. The minimum atomic E-state index is -0.467. The monoisotopic (exact) mass is 458 g/mol. The lowest BCUT2D eigenvalue weighted by Gasteiger charge is -2.11. The Kier molecular flexibility index (Phi) is 4.95. The highest BCUT2D eigenvalue weighted by molar-refractivity contribution is 14.1. The Balaban J connectivity index is 1.83. The van der Waals surface area contributed by atoms with Gasteiger partial charge in [0, 0.05) is 10.6 Å². The van der Waals surface area contributed by atoms with E-state index in [-0.39, 0.29) is 12.5 Å². The van der Waals surface area contributed by atoms with Gasteiger partial charge in [0.1, 0.15) is 11.5 Å². The minimum Gasteiger partial charge on any atom is -0.365 e. The fourth-order valence-electron chi connectivity index (χ4n) is 3.05. The van der Waals surface area contributed by atoms with Gasteiger partial charge >= 0.3 is 0 Å². The van der Waals surface area contributed by atoms with Crippen molar-refractivity contribution in [2.75, 3.05) is 5.32 Å². The van der Waals surface area contributed by atoms with E-state index in [1.54, 1.807) is 4.68 Å². The number of fused-ring (bicyclic) bond motifs is 1. The number of amides is 2. The van der Waals surface area contributed by atoms with Crippen molar-refractivity contribution in [2.24, 2.45) is 5.73 Å². The maximum atomic E-state index is 12.4. The van der Waals surface area contributed by atoms with Crippen molar-refractivity contribution in [1.29, 1.82) is 0 Å². The lowest BCUT2D eigenvalue weighted by molar-refractivity contribution is -0.116. The molecule has 128 valence electrons. The second-order valence-corrected chi connectivity index (χ2v) is 8.15.